The summed E-state index contributed by atoms with van der Waals surface area (Å²) in [7, 11) is 2.29. The van der Waals surface area contributed by atoms with E-state index in [1.54, 1.807) is 0 Å². The Morgan fingerprint density at radius 1 is 0.929 bits per heavy atom. The Bertz CT molecular complexity index is 924. The van der Waals surface area contributed by atoms with Crippen molar-refractivity contribution in [1.82, 2.24) is 14.8 Å². The summed E-state index contributed by atoms with van der Waals surface area (Å²) in [4.78, 5) is 8.88. The van der Waals surface area contributed by atoms with E-state index in [0.717, 1.165) is 18.4 Å². The number of rotatable bonds is 3. The molecule has 3 aromatic rings. The average molecular weight is 418 g/mol. The van der Waals surface area contributed by atoms with E-state index in [1.165, 1.54) is 47.4 Å². The molecule has 2 aliphatic rings. The Labute approximate surface area is 179 Å². The van der Waals surface area contributed by atoms with Crippen LogP contribution in [0.3, 0.4) is 0 Å². The molecule has 2 aliphatic heterocycles. The summed E-state index contributed by atoms with van der Waals surface area (Å²) < 4.78 is 0. The van der Waals surface area contributed by atoms with Gasteiger partial charge in [-0.15, -0.1) is 24.8 Å². The number of para-hydroxylation sites is 1. The van der Waals surface area contributed by atoms with Crippen LogP contribution in [0.25, 0.3) is 10.9 Å². The lowest BCUT2D eigenvalue weighted by Gasteiger charge is -2.26. The number of benzene rings is 2. The Morgan fingerprint density at radius 3 is 2.39 bits per heavy atom. The molecule has 5 rings (SSSR count). The number of hydrogen-bond donors (Lipinski definition) is 1. The van der Waals surface area contributed by atoms with Crippen molar-refractivity contribution in [2.24, 2.45) is 11.8 Å². The minimum atomic E-state index is 0. The van der Waals surface area contributed by atoms with Crippen LogP contribution in [-0.2, 0) is 6.54 Å². The number of likely N-dealkylation sites (tertiary alicyclic amines) is 2. The summed E-state index contributed by atoms with van der Waals surface area (Å²) in [5.74, 6) is 1.53. The summed E-state index contributed by atoms with van der Waals surface area (Å²) in [6.07, 6.45) is 0. The summed E-state index contributed by atoms with van der Waals surface area (Å²) in [5, 5.41) is 1.36. The molecule has 3 heterocycles. The fourth-order valence-electron chi connectivity index (χ4n) is 5.35. The number of aromatic amines is 1. The van der Waals surface area contributed by atoms with Crippen molar-refractivity contribution in [1.29, 1.82) is 0 Å². The van der Waals surface area contributed by atoms with E-state index >= 15 is 0 Å². The molecule has 5 heteroatoms. The van der Waals surface area contributed by atoms with Crippen molar-refractivity contribution in [3.8, 4) is 0 Å². The summed E-state index contributed by atoms with van der Waals surface area (Å²) in [6, 6.07) is 20.3. The number of fused-ring (bicyclic) bond motifs is 2. The lowest BCUT2D eigenvalue weighted by atomic mass is 9.90. The van der Waals surface area contributed by atoms with Gasteiger partial charge in [0.05, 0.1) is 0 Å². The van der Waals surface area contributed by atoms with Gasteiger partial charge < -0.3 is 4.98 Å². The molecule has 1 aromatic heterocycles. The maximum Gasteiger partial charge on any atom is 0.0459 e. The van der Waals surface area contributed by atoms with Gasteiger partial charge >= 0.3 is 0 Å². The molecule has 2 aromatic carbocycles. The monoisotopic (exact) mass is 417 g/mol. The normalized spacial score (nSPS) is 24.7. The second-order valence-corrected chi connectivity index (χ2v) is 8.19. The molecular formula is C23H29Cl2N3. The van der Waals surface area contributed by atoms with Gasteiger partial charge in [0.2, 0.25) is 0 Å². The van der Waals surface area contributed by atoms with Crippen LogP contribution >= 0.6 is 24.8 Å². The van der Waals surface area contributed by atoms with E-state index in [4.69, 9.17) is 0 Å². The van der Waals surface area contributed by atoms with E-state index in [-0.39, 0.29) is 24.8 Å². The fraction of sp³-hybridized carbons (Fsp3) is 0.391. The lowest BCUT2D eigenvalue weighted by Crippen LogP contribution is -2.29. The number of nitrogens with one attached hydrogen (secondary N) is 1. The van der Waals surface area contributed by atoms with Crippen molar-refractivity contribution in [3.63, 3.8) is 0 Å². The Balaban J connectivity index is 0.00000112. The molecular weight excluding hydrogens is 389 g/mol. The molecule has 2 fully saturated rings. The second kappa shape index (κ2) is 8.46. The van der Waals surface area contributed by atoms with Crippen LogP contribution in [0.2, 0.25) is 0 Å². The third-order valence-corrected chi connectivity index (χ3v) is 6.56. The van der Waals surface area contributed by atoms with Gasteiger partial charge in [0.15, 0.2) is 0 Å². The molecule has 1 N–H and O–H groups in total. The van der Waals surface area contributed by atoms with E-state index in [9.17, 15) is 0 Å². The van der Waals surface area contributed by atoms with Crippen LogP contribution in [-0.4, -0.2) is 41.5 Å². The summed E-state index contributed by atoms with van der Waals surface area (Å²) in [5.41, 5.74) is 5.54. The minimum absolute atomic E-state index is 0. The third-order valence-electron chi connectivity index (χ3n) is 6.56. The first-order valence-corrected chi connectivity index (χ1v) is 9.74. The lowest BCUT2D eigenvalue weighted by molar-refractivity contribution is 0.223. The van der Waals surface area contributed by atoms with E-state index in [1.807, 2.05) is 0 Å². The SMILES string of the molecule is Cc1c(CN2C[C@@H]3CN(C)[C@@H](c4ccccc4)[C@@H]3C2)[nH]c2ccccc12.Cl.Cl. The van der Waals surface area contributed by atoms with E-state index in [0.29, 0.717) is 6.04 Å². The fourth-order valence-corrected chi connectivity index (χ4v) is 5.35. The Morgan fingerprint density at radius 2 is 1.64 bits per heavy atom. The number of nitrogens with zero attached hydrogens (tertiary/aromatic N) is 2. The molecule has 0 saturated carbocycles. The van der Waals surface area contributed by atoms with Crippen LogP contribution in [0.15, 0.2) is 54.6 Å². The van der Waals surface area contributed by atoms with Gasteiger partial charge in [-0.2, -0.15) is 0 Å². The smallest absolute Gasteiger partial charge is 0.0459 e. The molecule has 150 valence electrons. The van der Waals surface area contributed by atoms with Gasteiger partial charge in [0, 0.05) is 48.8 Å². The maximum atomic E-state index is 3.66. The van der Waals surface area contributed by atoms with Crippen LogP contribution in [0.4, 0.5) is 0 Å². The number of halogens is 2. The first kappa shape index (κ1) is 21.2. The zero-order valence-corrected chi connectivity index (χ0v) is 18.1. The number of H-pyrrole nitrogens is 1. The minimum Gasteiger partial charge on any atom is -0.357 e. The molecule has 2 saturated heterocycles. The average Bonchev–Trinajstić information content (AvgIpc) is 3.27. The van der Waals surface area contributed by atoms with Crippen molar-refractivity contribution in [2.45, 2.75) is 19.5 Å². The highest BCUT2D eigenvalue weighted by molar-refractivity contribution is 5.85. The topological polar surface area (TPSA) is 22.3 Å². The quantitative estimate of drug-likeness (QED) is 0.643. The maximum absolute atomic E-state index is 3.66. The summed E-state index contributed by atoms with van der Waals surface area (Å²) >= 11 is 0. The summed E-state index contributed by atoms with van der Waals surface area (Å²) in [6.45, 7) is 6.92. The standard InChI is InChI=1S/C23H27N3.2ClH/c1-16-19-10-6-7-11-21(19)24-22(16)15-26-13-18-12-25(2)23(20(18)14-26)17-8-4-3-5-9-17;;/h3-11,18,20,23-24H,12-15H2,1-2H3;2*1H/t18-,20+,23-;;/m0../s1. The molecule has 0 unspecified atom stereocenters. The number of aromatic nitrogens is 1. The van der Waals surface area contributed by atoms with Crippen LogP contribution in [0.5, 0.6) is 0 Å². The molecule has 0 bridgehead atoms. The second-order valence-electron chi connectivity index (χ2n) is 8.19. The van der Waals surface area contributed by atoms with Gasteiger partial charge in [-0.1, -0.05) is 48.5 Å². The van der Waals surface area contributed by atoms with Gasteiger partial charge in [-0.3, -0.25) is 9.80 Å². The van der Waals surface area contributed by atoms with Crippen molar-refractivity contribution in [2.75, 3.05) is 26.7 Å². The number of hydrogen-bond acceptors (Lipinski definition) is 2. The molecule has 0 aliphatic carbocycles. The van der Waals surface area contributed by atoms with Crippen molar-refractivity contribution in [3.05, 3.63) is 71.4 Å². The first-order chi connectivity index (χ1) is 12.7. The van der Waals surface area contributed by atoms with Gasteiger partial charge in [0.25, 0.3) is 0 Å². The van der Waals surface area contributed by atoms with E-state index in [2.05, 4.69) is 83.4 Å². The Hall–Kier alpha value is -1.52. The highest BCUT2D eigenvalue weighted by atomic mass is 35.5. The molecule has 3 nitrogen and oxygen atoms in total. The molecule has 3 atom stereocenters. The number of aryl methyl sites for hydroxylation is 1. The van der Waals surface area contributed by atoms with E-state index < -0.39 is 0 Å². The highest BCUT2D eigenvalue weighted by Crippen LogP contribution is 2.44. The zero-order valence-electron chi connectivity index (χ0n) is 16.5. The largest absolute Gasteiger partial charge is 0.357 e. The first-order valence-electron chi connectivity index (χ1n) is 9.74. The molecule has 0 spiro atoms. The highest BCUT2D eigenvalue weighted by Gasteiger charge is 2.45. The van der Waals surface area contributed by atoms with Crippen LogP contribution in [0.1, 0.15) is 22.9 Å². The third kappa shape index (κ3) is 3.57. The van der Waals surface area contributed by atoms with Gasteiger partial charge in [-0.25, -0.2) is 0 Å². The molecule has 0 radical (unpaired) electrons. The van der Waals surface area contributed by atoms with Gasteiger partial charge in [-0.05, 0) is 43.0 Å². The predicted molar refractivity (Wildman–Crippen MR) is 122 cm³/mol. The van der Waals surface area contributed by atoms with Crippen molar-refractivity contribution >= 4 is 35.7 Å². The van der Waals surface area contributed by atoms with Crippen molar-refractivity contribution < 1.29 is 0 Å². The van der Waals surface area contributed by atoms with Crippen LogP contribution < -0.4 is 0 Å². The predicted octanol–water partition coefficient (Wildman–Crippen LogP) is 5.05. The zero-order chi connectivity index (χ0) is 17.7. The Kier molecular flexibility index (Phi) is 6.41. The molecule has 0 amide bonds. The van der Waals surface area contributed by atoms with Crippen LogP contribution in [0, 0.1) is 18.8 Å². The molecule has 28 heavy (non-hydrogen) atoms. The van der Waals surface area contributed by atoms with Gasteiger partial charge in [0.1, 0.15) is 0 Å².